The predicted octanol–water partition coefficient (Wildman–Crippen LogP) is 0.169. The molecule has 1 aromatic carbocycles. The zero-order valence-corrected chi connectivity index (χ0v) is 14.5. The summed E-state index contributed by atoms with van der Waals surface area (Å²) in [6, 6.07) is 5.07. The van der Waals surface area contributed by atoms with E-state index < -0.39 is 23.5 Å². The lowest BCUT2D eigenvalue weighted by molar-refractivity contribution is -0.141. The Morgan fingerprint density at radius 1 is 0.960 bits per heavy atom. The van der Waals surface area contributed by atoms with Crippen molar-refractivity contribution in [2.24, 2.45) is 0 Å². The van der Waals surface area contributed by atoms with Gasteiger partial charge in [0.25, 0.3) is 0 Å². The summed E-state index contributed by atoms with van der Waals surface area (Å²) in [5, 5.41) is 4.91. The van der Waals surface area contributed by atoms with E-state index in [1.54, 1.807) is 13.8 Å². The van der Waals surface area contributed by atoms with E-state index in [1.165, 1.54) is 24.3 Å². The maximum atomic E-state index is 12.7. The summed E-state index contributed by atoms with van der Waals surface area (Å²) in [5.41, 5.74) is 4.49. The van der Waals surface area contributed by atoms with Crippen molar-refractivity contribution >= 4 is 41.1 Å². The van der Waals surface area contributed by atoms with Gasteiger partial charge in [-0.3, -0.25) is 30.0 Å². The van der Waals surface area contributed by atoms with Gasteiger partial charge in [-0.15, -0.1) is 11.8 Å². The Balaban J connectivity index is 2.21. The average molecular weight is 370 g/mol. The number of amides is 4. The van der Waals surface area contributed by atoms with Crippen molar-refractivity contribution in [3.05, 3.63) is 30.1 Å². The first-order chi connectivity index (χ1) is 11.8. The second-order valence-corrected chi connectivity index (χ2v) is 6.16. The standard InChI is InChI=1S/C15H19FN4O4S/c1-9(2)17-14(23)15(24)20-19-13(22)8-25-7-12(21)18-11-5-3-10(16)4-6-11/h3-6,9H,7-8H2,1-2H3,(H,17,23)(H,18,21)(H,19,22)(H,20,24). The van der Waals surface area contributed by atoms with Crippen LogP contribution in [0.25, 0.3) is 0 Å². The lowest BCUT2D eigenvalue weighted by Gasteiger charge is -2.09. The molecule has 0 saturated carbocycles. The Morgan fingerprint density at radius 2 is 1.56 bits per heavy atom. The Kier molecular flexibility index (Phi) is 8.40. The van der Waals surface area contributed by atoms with Crippen molar-refractivity contribution in [2.45, 2.75) is 19.9 Å². The molecule has 0 fully saturated rings. The monoisotopic (exact) mass is 370 g/mol. The third-order valence-corrected chi connectivity index (χ3v) is 3.47. The molecule has 0 heterocycles. The Bertz CT molecular complexity index is 637. The third-order valence-electron chi connectivity index (χ3n) is 2.54. The molecule has 0 aliphatic rings. The highest BCUT2D eigenvalue weighted by Gasteiger charge is 2.15. The smallest absolute Gasteiger partial charge is 0.327 e. The minimum Gasteiger partial charge on any atom is -0.346 e. The fraction of sp³-hybridized carbons (Fsp3) is 0.333. The van der Waals surface area contributed by atoms with E-state index in [9.17, 15) is 23.6 Å². The normalized spacial score (nSPS) is 10.1. The maximum Gasteiger partial charge on any atom is 0.327 e. The number of carbonyl (C=O) groups is 4. The van der Waals surface area contributed by atoms with Crippen molar-refractivity contribution in [1.29, 1.82) is 0 Å². The van der Waals surface area contributed by atoms with E-state index >= 15 is 0 Å². The second-order valence-electron chi connectivity index (χ2n) is 5.18. The van der Waals surface area contributed by atoms with Crippen LogP contribution in [0.4, 0.5) is 10.1 Å². The largest absolute Gasteiger partial charge is 0.346 e. The van der Waals surface area contributed by atoms with Crippen LogP contribution in [0, 0.1) is 5.82 Å². The number of carbonyl (C=O) groups excluding carboxylic acids is 4. The van der Waals surface area contributed by atoms with E-state index in [0.29, 0.717) is 5.69 Å². The number of hydrogen-bond donors (Lipinski definition) is 4. The molecule has 1 aromatic rings. The highest BCUT2D eigenvalue weighted by Crippen LogP contribution is 2.09. The van der Waals surface area contributed by atoms with Crippen LogP contribution in [0.15, 0.2) is 24.3 Å². The first-order valence-corrected chi connectivity index (χ1v) is 8.46. The molecule has 10 heteroatoms. The number of thioether (sulfide) groups is 1. The summed E-state index contributed by atoms with van der Waals surface area (Å²) in [6.45, 7) is 3.38. The summed E-state index contributed by atoms with van der Waals surface area (Å²) < 4.78 is 12.7. The summed E-state index contributed by atoms with van der Waals surface area (Å²) in [5.74, 6) is -3.28. The fourth-order valence-corrected chi connectivity index (χ4v) is 2.13. The zero-order chi connectivity index (χ0) is 18.8. The van der Waals surface area contributed by atoms with Gasteiger partial charge in [0.05, 0.1) is 11.5 Å². The van der Waals surface area contributed by atoms with Crippen LogP contribution in [0.2, 0.25) is 0 Å². The number of hydrogen-bond acceptors (Lipinski definition) is 5. The molecule has 0 bridgehead atoms. The van der Waals surface area contributed by atoms with Crippen molar-refractivity contribution in [1.82, 2.24) is 16.2 Å². The van der Waals surface area contributed by atoms with Gasteiger partial charge in [0.2, 0.25) is 11.8 Å². The first kappa shape index (κ1) is 20.4. The van der Waals surface area contributed by atoms with Gasteiger partial charge in [-0.05, 0) is 38.1 Å². The molecule has 8 nitrogen and oxygen atoms in total. The third kappa shape index (κ3) is 8.70. The lowest BCUT2D eigenvalue weighted by atomic mass is 10.3. The van der Waals surface area contributed by atoms with Gasteiger partial charge in [-0.2, -0.15) is 0 Å². The van der Waals surface area contributed by atoms with E-state index in [4.69, 9.17) is 0 Å². The van der Waals surface area contributed by atoms with Crippen molar-refractivity contribution in [3.63, 3.8) is 0 Å². The molecule has 0 spiro atoms. The molecule has 0 aliphatic heterocycles. The SMILES string of the molecule is CC(C)NC(=O)C(=O)NNC(=O)CSCC(=O)Nc1ccc(F)cc1. The number of anilines is 1. The first-order valence-electron chi connectivity index (χ1n) is 7.30. The molecule has 4 amide bonds. The Labute approximate surface area is 148 Å². The number of hydrazine groups is 1. The van der Waals surface area contributed by atoms with Crippen LogP contribution in [-0.4, -0.2) is 41.2 Å². The van der Waals surface area contributed by atoms with Gasteiger partial charge >= 0.3 is 11.8 Å². The van der Waals surface area contributed by atoms with Gasteiger partial charge in [-0.1, -0.05) is 0 Å². The molecule has 0 radical (unpaired) electrons. The Hall–Kier alpha value is -2.62. The van der Waals surface area contributed by atoms with E-state index in [-0.39, 0.29) is 23.5 Å². The summed E-state index contributed by atoms with van der Waals surface area (Å²) in [4.78, 5) is 45.8. The fourth-order valence-electron chi connectivity index (χ4n) is 1.51. The molecule has 0 saturated heterocycles. The van der Waals surface area contributed by atoms with Crippen molar-refractivity contribution < 1.29 is 23.6 Å². The molecule has 1 rings (SSSR count). The molecule has 0 aliphatic carbocycles. The van der Waals surface area contributed by atoms with Crippen LogP contribution < -0.4 is 21.5 Å². The van der Waals surface area contributed by atoms with Gasteiger partial charge in [0.1, 0.15) is 5.82 Å². The molecule has 0 unspecified atom stereocenters. The number of benzene rings is 1. The van der Waals surface area contributed by atoms with Crippen LogP contribution >= 0.6 is 11.8 Å². The molecule has 4 N–H and O–H groups in total. The van der Waals surface area contributed by atoms with Crippen molar-refractivity contribution in [3.8, 4) is 0 Å². The van der Waals surface area contributed by atoms with Gasteiger partial charge in [0, 0.05) is 11.7 Å². The minimum absolute atomic E-state index is 0.00736. The second kappa shape index (κ2) is 10.3. The topological polar surface area (TPSA) is 116 Å². The van der Waals surface area contributed by atoms with Gasteiger partial charge in [0.15, 0.2) is 0 Å². The maximum absolute atomic E-state index is 12.7. The lowest BCUT2D eigenvalue weighted by Crippen LogP contribution is -2.50. The van der Waals surface area contributed by atoms with Gasteiger partial charge in [-0.25, -0.2) is 4.39 Å². The minimum atomic E-state index is -0.985. The number of halogens is 1. The summed E-state index contributed by atoms with van der Waals surface area (Å²) in [7, 11) is 0. The van der Waals surface area contributed by atoms with Crippen molar-refractivity contribution in [2.75, 3.05) is 16.8 Å². The highest BCUT2D eigenvalue weighted by atomic mass is 32.2. The van der Waals surface area contributed by atoms with E-state index in [2.05, 4.69) is 16.1 Å². The van der Waals surface area contributed by atoms with Crippen LogP contribution in [0.1, 0.15) is 13.8 Å². The van der Waals surface area contributed by atoms with E-state index in [1.807, 2.05) is 5.43 Å². The number of nitrogens with one attached hydrogen (secondary N) is 4. The molecular weight excluding hydrogens is 351 g/mol. The predicted molar refractivity (Wildman–Crippen MR) is 91.9 cm³/mol. The van der Waals surface area contributed by atoms with Crippen LogP contribution in [-0.2, 0) is 19.2 Å². The quantitative estimate of drug-likeness (QED) is 0.421. The van der Waals surface area contributed by atoms with Gasteiger partial charge < -0.3 is 10.6 Å². The van der Waals surface area contributed by atoms with E-state index in [0.717, 1.165) is 11.8 Å². The average Bonchev–Trinajstić information content (AvgIpc) is 2.54. The molecule has 136 valence electrons. The summed E-state index contributed by atoms with van der Waals surface area (Å²) >= 11 is 1.01. The number of rotatable bonds is 6. The molecule has 0 atom stereocenters. The molecule has 25 heavy (non-hydrogen) atoms. The highest BCUT2D eigenvalue weighted by molar-refractivity contribution is 8.00. The zero-order valence-electron chi connectivity index (χ0n) is 13.7. The summed E-state index contributed by atoms with van der Waals surface area (Å²) in [6.07, 6.45) is 0. The van der Waals surface area contributed by atoms with Crippen LogP contribution in [0.3, 0.4) is 0 Å². The van der Waals surface area contributed by atoms with Crippen LogP contribution in [0.5, 0.6) is 0 Å². The molecule has 0 aromatic heterocycles. The molecular formula is C15H19FN4O4S. The Morgan fingerprint density at radius 3 is 2.16 bits per heavy atom.